The molecule has 0 fully saturated rings. The predicted molar refractivity (Wildman–Crippen MR) is 68.1 cm³/mol. The molecule has 0 bridgehead atoms. The van der Waals surface area contributed by atoms with E-state index in [0.29, 0.717) is 0 Å². The quantitative estimate of drug-likeness (QED) is 0.788. The van der Waals surface area contributed by atoms with Gasteiger partial charge in [-0.2, -0.15) is 5.10 Å². The fourth-order valence-corrected chi connectivity index (χ4v) is 2.68. The molecule has 0 amide bonds. The van der Waals surface area contributed by atoms with E-state index in [9.17, 15) is 8.42 Å². The molecule has 1 aromatic carbocycles. The lowest BCUT2D eigenvalue weighted by Gasteiger charge is -2.08. The second-order valence-corrected chi connectivity index (χ2v) is 5.54. The summed E-state index contributed by atoms with van der Waals surface area (Å²) < 4.78 is 28.2. The average Bonchev–Trinajstić information content (AvgIpc) is 2.73. The molecule has 0 unspecified atom stereocenters. The van der Waals surface area contributed by atoms with Crippen LogP contribution in [-0.2, 0) is 23.6 Å². The molecule has 7 heteroatoms. The molecule has 0 spiro atoms. The van der Waals surface area contributed by atoms with Crippen LogP contribution in [0.1, 0.15) is 5.69 Å². The highest BCUT2D eigenvalue weighted by atomic mass is 32.2. The van der Waals surface area contributed by atoms with E-state index in [2.05, 4.69) is 9.82 Å². The van der Waals surface area contributed by atoms with Gasteiger partial charge in [0.2, 0.25) is 10.0 Å². The third kappa shape index (κ3) is 2.52. The van der Waals surface area contributed by atoms with Gasteiger partial charge < -0.3 is 5.73 Å². The molecule has 0 radical (unpaired) electrons. The Labute approximate surface area is 105 Å². The Bertz CT molecular complexity index is 649. The van der Waals surface area contributed by atoms with Gasteiger partial charge in [0, 0.05) is 13.2 Å². The molecule has 96 valence electrons. The van der Waals surface area contributed by atoms with Crippen LogP contribution >= 0.6 is 0 Å². The summed E-state index contributed by atoms with van der Waals surface area (Å²) in [5.41, 5.74) is 6.65. The molecule has 2 aromatic rings. The number of aromatic nitrogens is 2. The predicted octanol–water partition coefficient (Wildman–Crippen LogP) is 0.481. The second-order valence-electron chi connectivity index (χ2n) is 3.81. The topological polar surface area (TPSA) is 90.0 Å². The molecule has 2 rings (SSSR count). The van der Waals surface area contributed by atoms with E-state index in [-0.39, 0.29) is 17.1 Å². The van der Waals surface area contributed by atoms with Gasteiger partial charge >= 0.3 is 0 Å². The van der Waals surface area contributed by atoms with Gasteiger partial charge in [-0.1, -0.05) is 12.1 Å². The lowest BCUT2D eigenvalue weighted by atomic mass is 10.3. The summed E-state index contributed by atoms with van der Waals surface area (Å²) >= 11 is 0. The van der Waals surface area contributed by atoms with Gasteiger partial charge in [-0.15, -0.1) is 0 Å². The van der Waals surface area contributed by atoms with Gasteiger partial charge in [0.15, 0.2) is 0 Å². The van der Waals surface area contributed by atoms with Crippen molar-refractivity contribution < 1.29 is 8.42 Å². The van der Waals surface area contributed by atoms with Gasteiger partial charge in [0.1, 0.15) is 4.90 Å². The number of hydrogen-bond donors (Lipinski definition) is 2. The molecule has 0 aliphatic rings. The Balaban J connectivity index is 2.19. The van der Waals surface area contributed by atoms with Crippen molar-refractivity contribution in [3.63, 3.8) is 0 Å². The highest BCUT2D eigenvalue weighted by molar-refractivity contribution is 7.89. The minimum absolute atomic E-state index is 0.0900. The van der Waals surface area contributed by atoms with Crippen molar-refractivity contribution >= 4 is 15.7 Å². The van der Waals surface area contributed by atoms with Crippen LogP contribution < -0.4 is 10.5 Å². The van der Waals surface area contributed by atoms with Crippen LogP contribution in [0.3, 0.4) is 0 Å². The zero-order valence-electron chi connectivity index (χ0n) is 9.87. The summed E-state index contributed by atoms with van der Waals surface area (Å²) in [6.45, 7) is 0.174. The Morgan fingerprint density at radius 3 is 2.67 bits per heavy atom. The maximum absolute atomic E-state index is 12.0. The van der Waals surface area contributed by atoms with Crippen LogP contribution in [0.25, 0.3) is 0 Å². The minimum Gasteiger partial charge on any atom is -0.398 e. The van der Waals surface area contributed by atoms with Crippen LogP contribution in [0.15, 0.2) is 41.4 Å². The Morgan fingerprint density at radius 2 is 2.06 bits per heavy atom. The Morgan fingerprint density at radius 1 is 1.33 bits per heavy atom. The monoisotopic (exact) mass is 266 g/mol. The molecule has 6 nitrogen and oxygen atoms in total. The molecule has 3 N–H and O–H groups in total. The summed E-state index contributed by atoms with van der Waals surface area (Å²) in [6, 6.07) is 8.10. The van der Waals surface area contributed by atoms with Crippen molar-refractivity contribution in [2.45, 2.75) is 11.4 Å². The first-order valence-electron chi connectivity index (χ1n) is 5.32. The first-order valence-corrected chi connectivity index (χ1v) is 6.80. The summed E-state index contributed by atoms with van der Waals surface area (Å²) in [5.74, 6) is 0. The third-order valence-electron chi connectivity index (χ3n) is 2.57. The number of nitrogens with two attached hydrogens (primary N) is 1. The number of nitrogens with one attached hydrogen (secondary N) is 1. The maximum atomic E-state index is 12.0. The van der Waals surface area contributed by atoms with Crippen molar-refractivity contribution in [2.75, 3.05) is 5.73 Å². The maximum Gasteiger partial charge on any atom is 0.242 e. The smallest absolute Gasteiger partial charge is 0.242 e. The van der Waals surface area contributed by atoms with Gasteiger partial charge in [0.25, 0.3) is 0 Å². The second kappa shape index (κ2) is 4.79. The summed E-state index contributed by atoms with van der Waals surface area (Å²) in [6.07, 6.45) is 1.61. The molecule has 18 heavy (non-hydrogen) atoms. The molecule has 0 saturated carbocycles. The normalized spacial score (nSPS) is 11.6. The van der Waals surface area contributed by atoms with Gasteiger partial charge in [-0.3, -0.25) is 4.68 Å². The number of hydrogen-bond acceptors (Lipinski definition) is 4. The van der Waals surface area contributed by atoms with E-state index in [1.807, 2.05) is 0 Å². The molecule has 0 saturated heterocycles. The van der Waals surface area contributed by atoms with Crippen molar-refractivity contribution in [3.05, 3.63) is 42.2 Å². The molecular formula is C11H14N4O2S. The molecular weight excluding hydrogens is 252 g/mol. The SMILES string of the molecule is Cn1nccc1CNS(=O)(=O)c1ccccc1N. The standard InChI is InChI=1S/C11H14N4O2S/c1-15-9(6-7-13-15)8-14-18(16,17)11-5-3-2-4-10(11)12/h2-7,14H,8,12H2,1H3. The first-order chi connectivity index (χ1) is 8.50. The third-order valence-corrected chi connectivity index (χ3v) is 4.05. The van der Waals surface area contributed by atoms with Crippen LogP contribution in [0.4, 0.5) is 5.69 Å². The summed E-state index contributed by atoms with van der Waals surface area (Å²) in [5, 5.41) is 3.96. The van der Waals surface area contributed by atoms with Crippen molar-refractivity contribution in [1.29, 1.82) is 0 Å². The molecule has 1 aromatic heterocycles. The number of sulfonamides is 1. The number of nitrogens with zero attached hydrogens (tertiary/aromatic N) is 2. The number of benzene rings is 1. The Hall–Kier alpha value is -1.86. The van der Waals surface area contributed by atoms with Crippen molar-refractivity contribution in [1.82, 2.24) is 14.5 Å². The van der Waals surface area contributed by atoms with E-state index in [1.165, 1.54) is 6.07 Å². The average molecular weight is 266 g/mol. The largest absolute Gasteiger partial charge is 0.398 e. The summed E-state index contributed by atoms with van der Waals surface area (Å²) in [4.78, 5) is 0.0900. The molecule has 0 aliphatic carbocycles. The number of rotatable bonds is 4. The minimum atomic E-state index is -3.60. The highest BCUT2D eigenvalue weighted by Gasteiger charge is 2.16. The highest BCUT2D eigenvalue weighted by Crippen LogP contribution is 2.17. The number of anilines is 1. The summed E-state index contributed by atoms with van der Waals surface area (Å²) in [7, 11) is -1.85. The fraction of sp³-hybridized carbons (Fsp3) is 0.182. The van der Waals surface area contributed by atoms with Gasteiger partial charge in [0.05, 0.1) is 17.9 Å². The van der Waals surface area contributed by atoms with E-state index in [4.69, 9.17) is 5.73 Å². The van der Waals surface area contributed by atoms with E-state index >= 15 is 0 Å². The van der Waals surface area contributed by atoms with Gasteiger partial charge in [-0.05, 0) is 18.2 Å². The number of nitrogen functional groups attached to an aromatic ring is 1. The van der Waals surface area contributed by atoms with Crippen LogP contribution in [0.2, 0.25) is 0 Å². The van der Waals surface area contributed by atoms with Crippen LogP contribution in [0.5, 0.6) is 0 Å². The molecule has 1 heterocycles. The number of aryl methyl sites for hydroxylation is 1. The molecule has 0 aliphatic heterocycles. The fourth-order valence-electron chi connectivity index (χ4n) is 1.55. The zero-order valence-corrected chi connectivity index (χ0v) is 10.7. The zero-order chi connectivity index (χ0) is 13.2. The van der Waals surface area contributed by atoms with Crippen molar-refractivity contribution in [2.24, 2.45) is 7.05 Å². The molecule has 0 atom stereocenters. The van der Waals surface area contributed by atoms with E-state index in [1.54, 1.807) is 42.2 Å². The van der Waals surface area contributed by atoms with Gasteiger partial charge in [-0.25, -0.2) is 13.1 Å². The van der Waals surface area contributed by atoms with Crippen molar-refractivity contribution in [3.8, 4) is 0 Å². The van der Waals surface area contributed by atoms with Crippen LogP contribution in [-0.4, -0.2) is 18.2 Å². The Kier molecular flexibility index (Phi) is 3.35. The van der Waals surface area contributed by atoms with E-state index < -0.39 is 10.0 Å². The lowest BCUT2D eigenvalue weighted by Crippen LogP contribution is -2.25. The van der Waals surface area contributed by atoms with Crippen LogP contribution in [0, 0.1) is 0 Å². The number of para-hydroxylation sites is 1. The lowest BCUT2D eigenvalue weighted by molar-refractivity contribution is 0.577. The first kappa shape index (κ1) is 12.6. The van der Waals surface area contributed by atoms with E-state index in [0.717, 1.165) is 5.69 Å².